The highest BCUT2D eigenvalue weighted by Gasteiger charge is 2.64. The molecule has 4 aliphatic carbocycles. The molecule has 0 aromatic heterocycles. The summed E-state index contributed by atoms with van der Waals surface area (Å²) >= 11 is 0. The Labute approximate surface area is 320 Å². The van der Waals surface area contributed by atoms with E-state index >= 15 is 0 Å². The van der Waals surface area contributed by atoms with Crippen LogP contribution in [-0.2, 0) is 18.9 Å². The minimum atomic E-state index is -1.73. The molecule has 0 unspecified atom stereocenters. The first-order valence-corrected chi connectivity index (χ1v) is 20.8. The van der Waals surface area contributed by atoms with Gasteiger partial charge in [0, 0.05) is 12.0 Å². The summed E-state index contributed by atoms with van der Waals surface area (Å²) < 4.78 is 23.9. The van der Waals surface area contributed by atoms with Crippen LogP contribution in [0.15, 0.2) is 11.6 Å². The van der Waals surface area contributed by atoms with E-state index in [9.17, 15) is 46.0 Å². The molecule has 0 radical (unpaired) electrons. The third kappa shape index (κ3) is 7.62. The molecule has 0 bridgehead atoms. The van der Waals surface area contributed by atoms with Crippen molar-refractivity contribution in [2.75, 3.05) is 19.8 Å². The summed E-state index contributed by atoms with van der Waals surface area (Å²) in [5, 5.41) is 95.5. The molecule has 312 valence electrons. The third-order valence-electron chi connectivity index (χ3n) is 15.6. The summed E-state index contributed by atoms with van der Waals surface area (Å²) in [6.45, 7) is 10.1. The maximum Gasteiger partial charge on any atom is 0.187 e. The van der Waals surface area contributed by atoms with Crippen molar-refractivity contribution in [2.45, 2.75) is 172 Å². The summed E-state index contributed by atoms with van der Waals surface area (Å²) in [4.78, 5) is 0. The molecule has 2 heterocycles. The second-order valence-electron chi connectivity index (χ2n) is 18.5. The Morgan fingerprint density at radius 1 is 0.759 bits per heavy atom. The van der Waals surface area contributed by atoms with Gasteiger partial charge in [-0.1, -0.05) is 39.3 Å². The van der Waals surface area contributed by atoms with Gasteiger partial charge in [0.05, 0.1) is 25.4 Å². The first kappa shape index (κ1) is 42.8. The molecule has 13 nitrogen and oxygen atoms in total. The van der Waals surface area contributed by atoms with E-state index in [1.54, 1.807) is 0 Å². The zero-order valence-electron chi connectivity index (χ0n) is 32.9. The third-order valence-corrected chi connectivity index (χ3v) is 15.6. The summed E-state index contributed by atoms with van der Waals surface area (Å²) in [6.07, 6.45) is -4.24. The number of ether oxygens (including phenoxy) is 4. The molecule has 6 fully saturated rings. The van der Waals surface area contributed by atoms with Gasteiger partial charge in [0.1, 0.15) is 48.8 Å². The second-order valence-corrected chi connectivity index (χ2v) is 18.5. The van der Waals surface area contributed by atoms with Crippen molar-refractivity contribution in [2.24, 2.45) is 52.3 Å². The van der Waals surface area contributed by atoms with Gasteiger partial charge >= 0.3 is 0 Å². The number of hydrogen-bond donors (Lipinski definition) is 9. The lowest BCUT2D eigenvalue weighted by molar-refractivity contribution is -0.373. The van der Waals surface area contributed by atoms with Crippen molar-refractivity contribution < 1.29 is 64.9 Å². The number of aliphatic hydroxyl groups is 9. The maximum absolute atomic E-state index is 11.7. The van der Waals surface area contributed by atoms with E-state index in [-0.39, 0.29) is 35.4 Å². The summed E-state index contributed by atoms with van der Waals surface area (Å²) in [6, 6.07) is 0. The number of hydrogen-bond acceptors (Lipinski definition) is 13. The molecule has 9 N–H and O–H groups in total. The average molecular weight is 771 g/mol. The van der Waals surface area contributed by atoms with Crippen LogP contribution in [-0.4, -0.2) is 139 Å². The van der Waals surface area contributed by atoms with E-state index in [1.807, 2.05) is 0 Å². The molecule has 6 rings (SSSR count). The molecule has 13 heteroatoms. The SMILES string of the molecule is C/C=C(/CC[C@@H](C)[C@H]1[C@@H](O)C[C@H]2[C@@H]3CC[C@H]4C[C@@H](O[C@@H]5O[C@H](CO)[C@H](O)[C@H](O)[C@H]5O[C@@H]5O[C@H](CO)[C@@H](O)[C@H](O)[C@H]5O)CC[C@]4(C)[C@H]3CC[C@]12CO)C(C)C. The van der Waals surface area contributed by atoms with Crippen LogP contribution in [0.3, 0.4) is 0 Å². The van der Waals surface area contributed by atoms with E-state index in [1.165, 1.54) is 5.57 Å². The van der Waals surface area contributed by atoms with Crippen LogP contribution >= 0.6 is 0 Å². The summed E-state index contributed by atoms with van der Waals surface area (Å²) in [5.74, 6) is 2.40. The molecule has 6 aliphatic rings. The number of aliphatic hydroxyl groups excluding tert-OH is 9. The van der Waals surface area contributed by atoms with Gasteiger partial charge in [0.15, 0.2) is 12.6 Å². The highest BCUT2D eigenvalue weighted by molar-refractivity contribution is 5.14. The highest BCUT2D eigenvalue weighted by atomic mass is 16.8. The standard InChI is InChI=1S/C41H70O13/c1-6-22(20(2)3)8-7-21(4)31-28(45)16-27-25-10-9-23-15-24(11-13-40(23,5)26(25)12-14-41(27,31)19-44)51-39-37(35(49)33(47)30(18-43)53-39)54-38-36(50)34(48)32(46)29(17-42)52-38/h6,20-21,23-39,42-50H,7-19H2,1-5H3/b22-6-/t21-,23+,24+,25-,26+,27+,28+,29-,30-,31+,32-,33+,34+,35+,36-,37-,38+,39-,40+,41-/m1/s1. The zero-order chi connectivity index (χ0) is 39.3. The largest absolute Gasteiger partial charge is 0.396 e. The van der Waals surface area contributed by atoms with Crippen molar-refractivity contribution in [3.05, 3.63) is 11.6 Å². The van der Waals surface area contributed by atoms with Crippen LogP contribution in [0.1, 0.15) is 98.8 Å². The van der Waals surface area contributed by atoms with Gasteiger partial charge in [0.25, 0.3) is 0 Å². The lowest BCUT2D eigenvalue weighted by Gasteiger charge is -2.61. The molecular weight excluding hydrogens is 700 g/mol. The predicted octanol–water partition coefficient (Wildman–Crippen LogP) is 1.62. The molecule has 0 aromatic carbocycles. The van der Waals surface area contributed by atoms with E-state index in [0.717, 1.165) is 57.8 Å². The van der Waals surface area contributed by atoms with Gasteiger partial charge in [0.2, 0.25) is 0 Å². The first-order chi connectivity index (χ1) is 25.6. The zero-order valence-corrected chi connectivity index (χ0v) is 32.9. The quantitative estimate of drug-likeness (QED) is 0.102. The minimum Gasteiger partial charge on any atom is -0.396 e. The number of allylic oxidation sites excluding steroid dienone is 2. The molecule has 20 atom stereocenters. The lowest BCUT2D eigenvalue weighted by atomic mass is 9.44. The van der Waals surface area contributed by atoms with Gasteiger partial charge < -0.3 is 64.9 Å². The maximum atomic E-state index is 11.7. The van der Waals surface area contributed by atoms with Crippen LogP contribution < -0.4 is 0 Å². The summed E-state index contributed by atoms with van der Waals surface area (Å²) in [5.41, 5.74) is 1.23. The van der Waals surface area contributed by atoms with Crippen molar-refractivity contribution >= 4 is 0 Å². The van der Waals surface area contributed by atoms with Gasteiger partial charge in [-0.25, -0.2) is 0 Å². The van der Waals surface area contributed by atoms with Crippen molar-refractivity contribution in [3.63, 3.8) is 0 Å². The molecule has 0 aromatic rings. The van der Waals surface area contributed by atoms with Crippen molar-refractivity contribution in [3.8, 4) is 0 Å². The van der Waals surface area contributed by atoms with Gasteiger partial charge in [-0.15, -0.1) is 0 Å². The smallest absolute Gasteiger partial charge is 0.187 e. The van der Waals surface area contributed by atoms with E-state index in [2.05, 4.69) is 40.7 Å². The number of rotatable bonds is 12. The van der Waals surface area contributed by atoms with Gasteiger partial charge in [-0.2, -0.15) is 0 Å². The fourth-order valence-electron chi connectivity index (χ4n) is 12.6. The molecular formula is C41H70O13. The van der Waals surface area contributed by atoms with Gasteiger partial charge in [-0.05, 0) is 118 Å². The Morgan fingerprint density at radius 2 is 1.43 bits per heavy atom. The second kappa shape index (κ2) is 17.2. The minimum absolute atomic E-state index is 0.0418. The van der Waals surface area contributed by atoms with E-state index in [4.69, 9.17) is 18.9 Å². The molecule has 0 amide bonds. The Kier molecular flexibility index (Phi) is 13.6. The fourth-order valence-corrected chi connectivity index (χ4v) is 12.6. The molecule has 2 saturated heterocycles. The van der Waals surface area contributed by atoms with Crippen LogP contribution in [0.2, 0.25) is 0 Å². The summed E-state index contributed by atoms with van der Waals surface area (Å²) in [7, 11) is 0. The Hall–Kier alpha value is -0.780. The van der Waals surface area contributed by atoms with Crippen LogP contribution in [0.4, 0.5) is 0 Å². The first-order valence-electron chi connectivity index (χ1n) is 20.8. The van der Waals surface area contributed by atoms with Crippen LogP contribution in [0.25, 0.3) is 0 Å². The molecule has 0 spiro atoms. The molecule has 4 saturated carbocycles. The Morgan fingerprint density at radius 3 is 2.06 bits per heavy atom. The Bertz CT molecular complexity index is 1270. The Balaban J connectivity index is 1.14. The number of fused-ring (bicyclic) bond motifs is 5. The molecule has 2 aliphatic heterocycles. The van der Waals surface area contributed by atoms with E-state index < -0.39 is 80.7 Å². The normalized spacial score (nSPS) is 50.4. The fraction of sp³-hybridized carbons (Fsp3) is 0.951. The monoisotopic (exact) mass is 770 g/mol. The topological polar surface area (TPSA) is 219 Å². The van der Waals surface area contributed by atoms with Crippen molar-refractivity contribution in [1.29, 1.82) is 0 Å². The van der Waals surface area contributed by atoms with Crippen LogP contribution in [0, 0.1) is 52.3 Å². The van der Waals surface area contributed by atoms with Crippen LogP contribution in [0.5, 0.6) is 0 Å². The average Bonchev–Trinajstić information content (AvgIpc) is 3.46. The van der Waals surface area contributed by atoms with Gasteiger partial charge in [-0.3, -0.25) is 0 Å². The van der Waals surface area contributed by atoms with Crippen molar-refractivity contribution in [1.82, 2.24) is 0 Å². The highest BCUT2D eigenvalue weighted by Crippen LogP contribution is 2.68. The lowest BCUT2D eigenvalue weighted by Crippen LogP contribution is -2.65. The predicted molar refractivity (Wildman–Crippen MR) is 196 cm³/mol. The van der Waals surface area contributed by atoms with E-state index in [0.29, 0.717) is 36.0 Å². The molecule has 54 heavy (non-hydrogen) atoms.